The van der Waals surface area contributed by atoms with Crippen molar-refractivity contribution in [1.29, 1.82) is 0 Å². The minimum absolute atomic E-state index is 0.0298. The van der Waals surface area contributed by atoms with Gasteiger partial charge in [-0.25, -0.2) is 8.42 Å². The molecule has 0 heterocycles. The molecule has 1 saturated carbocycles. The molecule has 1 aromatic carbocycles. The fraction of sp³-hybridized carbons (Fsp3) is 0.500. The van der Waals surface area contributed by atoms with E-state index in [9.17, 15) is 8.42 Å². The third kappa shape index (κ3) is 2.69. The van der Waals surface area contributed by atoms with E-state index in [0.29, 0.717) is 5.02 Å². The number of hydrogen-bond acceptors (Lipinski definition) is 3. The molecular formula is C12H16ClNO3S. The summed E-state index contributed by atoms with van der Waals surface area (Å²) in [5.41, 5.74) is 0.843. The molecule has 4 nitrogen and oxygen atoms in total. The van der Waals surface area contributed by atoms with Crippen LogP contribution in [0.2, 0.25) is 5.02 Å². The Morgan fingerprint density at radius 3 is 2.61 bits per heavy atom. The summed E-state index contributed by atoms with van der Waals surface area (Å²) in [5.74, 6) is 0. The minimum Gasteiger partial charge on any atom is -0.395 e. The summed E-state index contributed by atoms with van der Waals surface area (Å²) in [6.07, 6.45) is 1.72. The van der Waals surface area contributed by atoms with Gasteiger partial charge in [0.05, 0.1) is 11.5 Å². The molecule has 0 amide bonds. The summed E-state index contributed by atoms with van der Waals surface area (Å²) in [6.45, 7) is 1.79. The number of nitrogens with zero attached hydrogens (tertiary/aromatic N) is 1. The van der Waals surface area contributed by atoms with E-state index in [1.54, 1.807) is 12.1 Å². The van der Waals surface area contributed by atoms with Crippen molar-refractivity contribution in [3.63, 3.8) is 0 Å². The molecule has 1 N–H and O–H groups in total. The number of hydrogen-bond donors (Lipinski definition) is 1. The van der Waals surface area contributed by atoms with Crippen LogP contribution in [0.1, 0.15) is 18.4 Å². The van der Waals surface area contributed by atoms with Crippen LogP contribution in [0.5, 0.6) is 0 Å². The largest absolute Gasteiger partial charge is 0.395 e. The Balaban J connectivity index is 2.36. The summed E-state index contributed by atoms with van der Waals surface area (Å²) in [7, 11) is -3.55. The first kappa shape index (κ1) is 13.8. The van der Waals surface area contributed by atoms with Gasteiger partial charge in [0.15, 0.2) is 0 Å². The zero-order valence-electron chi connectivity index (χ0n) is 10.1. The Morgan fingerprint density at radius 1 is 1.44 bits per heavy atom. The van der Waals surface area contributed by atoms with Crippen molar-refractivity contribution >= 4 is 21.6 Å². The Labute approximate surface area is 112 Å². The van der Waals surface area contributed by atoms with Crippen LogP contribution in [0.25, 0.3) is 0 Å². The van der Waals surface area contributed by atoms with Gasteiger partial charge in [-0.05, 0) is 37.5 Å². The van der Waals surface area contributed by atoms with Crippen LogP contribution in [0.15, 0.2) is 23.1 Å². The van der Waals surface area contributed by atoms with E-state index in [2.05, 4.69) is 0 Å². The first-order valence-electron chi connectivity index (χ1n) is 5.85. The number of aliphatic hydroxyl groups excluding tert-OH is 1. The lowest BCUT2D eigenvalue weighted by Gasteiger charge is -2.21. The third-order valence-corrected chi connectivity index (χ3v) is 5.38. The van der Waals surface area contributed by atoms with Gasteiger partial charge in [-0.3, -0.25) is 0 Å². The number of halogens is 1. The molecule has 2 rings (SSSR count). The Hall–Kier alpha value is -0.620. The lowest BCUT2D eigenvalue weighted by Crippen LogP contribution is -2.35. The Kier molecular flexibility index (Phi) is 3.96. The predicted octanol–water partition coefficient (Wildman–Crippen LogP) is 1.79. The molecule has 1 aliphatic rings. The topological polar surface area (TPSA) is 57.6 Å². The molecule has 0 aliphatic heterocycles. The second kappa shape index (κ2) is 5.17. The van der Waals surface area contributed by atoms with Crippen LogP contribution in [0, 0.1) is 6.92 Å². The fourth-order valence-corrected chi connectivity index (χ4v) is 3.78. The van der Waals surface area contributed by atoms with Gasteiger partial charge in [0, 0.05) is 17.6 Å². The van der Waals surface area contributed by atoms with Crippen molar-refractivity contribution in [3.8, 4) is 0 Å². The molecule has 0 bridgehead atoms. The van der Waals surface area contributed by atoms with E-state index in [4.69, 9.17) is 16.7 Å². The quantitative estimate of drug-likeness (QED) is 0.899. The number of sulfonamides is 1. The number of aryl methyl sites for hydroxylation is 1. The van der Waals surface area contributed by atoms with Crippen LogP contribution in [0.4, 0.5) is 0 Å². The molecular weight excluding hydrogens is 274 g/mol. The van der Waals surface area contributed by atoms with E-state index in [1.807, 2.05) is 6.92 Å². The van der Waals surface area contributed by atoms with Gasteiger partial charge in [0.25, 0.3) is 0 Å². The molecule has 1 aromatic rings. The lowest BCUT2D eigenvalue weighted by molar-refractivity contribution is 0.250. The van der Waals surface area contributed by atoms with Crippen LogP contribution < -0.4 is 0 Å². The van der Waals surface area contributed by atoms with Crippen LogP contribution in [-0.4, -0.2) is 37.0 Å². The van der Waals surface area contributed by atoms with Crippen molar-refractivity contribution in [2.75, 3.05) is 13.2 Å². The summed E-state index contributed by atoms with van der Waals surface area (Å²) >= 11 is 5.96. The number of benzene rings is 1. The van der Waals surface area contributed by atoms with Gasteiger partial charge in [-0.15, -0.1) is 0 Å². The molecule has 0 aromatic heterocycles. The summed E-state index contributed by atoms with van der Waals surface area (Å²) in [6, 6.07) is 4.75. The van der Waals surface area contributed by atoms with E-state index in [1.165, 1.54) is 10.4 Å². The Morgan fingerprint density at radius 2 is 2.11 bits per heavy atom. The molecule has 6 heteroatoms. The van der Waals surface area contributed by atoms with Gasteiger partial charge in [-0.1, -0.05) is 17.7 Å². The SMILES string of the molecule is Cc1ccc(S(=O)(=O)N(CCO)C2CC2)cc1Cl. The molecule has 1 aliphatic carbocycles. The summed E-state index contributed by atoms with van der Waals surface area (Å²) in [4.78, 5) is 0.193. The van der Waals surface area contributed by atoms with Crippen molar-refractivity contribution in [2.24, 2.45) is 0 Å². The highest BCUT2D eigenvalue weighted by Gasteiger charge is 2.37. The number of rotatable bonds is 5. The monoisotopic (exact) mass is 289 g/mol. The smallest absolute Gasteiger partial charge is 0.243 e. The standard InChI is InChI=1S/C12H16ClNO3S/c1-9-2-5-11(8-12(9)13)18(16,17)14(6-7-15)10-3-4-10/h2,5,8,10,15H,3-4,6-7H2,1H3. The predicted molar refractivity (Wildman–Crippen MR) is 70.2 cm³/mol. The van der Waals surface area contributed by atoms with Crippen LogP contribution in [0.3, 0.4) is 0 Å². The normalized spacial score (nSPS) is 16.2. The van der Waals surface area contributed by atoms with Crippen molar-refractivity contribution in [3.05, 3.63) is 28.8 Å². The molecule has 0 saturated heterocycles. The maximum Gasteiger partial charge on any atom is 0.243 e. The molecule has 100 valence electrons. The third-order valence-electron chi connectivity index (χ3n) is 3.02. The molecule has 0 unspecified atom stereocenters. The first-order valence-corrected chi connectivity index (χ1v) is 7.67. The van der Waals surface area contributed by atoms with Gasteiger partial charge >= 0.3 is 0 Å². The van der Waals surface area contributed by atoms with Crippen LogP contribution in [-0.2, 0) is 10.0 Å². The van der Waals surface area contributed by atoms with E-state index < -0.39 is 10.0 Å². The van der Waals surface area contributed by atoms with E-state index in [0.717, 1.165) is 18.4 Å². The van der Waals surface area contributed by atoms with Crippen molar-refractivity contribution < 1.29 is 13.5 Å². The van der Waals surface area contributed by atoms with E-state index in [-0.39, 0.29) is 24.1 Å². The van der Waals surface area contributed by atoms with Gasteiger partial charge < -0.3 is 5.11 Å². The maximum absolute atomic E-state index is 12.4. The van der Waals surface area contributed by atoms with Gasteiger partial charge in [-0.2, -0.15) is 4.31 Å². The van der Waals surface area contributed by atoms with Crippen molar-refractivity contribution in [2.45, 2.75) is 30.7 Å². The summed E-state index contributed by atoms with van der Waals surface area (Å²) in [5, 5.41) is 9.43. The van der Waals surface area contributed by atoms with Gasteiger partial charge in [0.2, 0.25) is 10.0 Å². The highest BCUT2D eigenvalue weighted by Crippen LogP contribution is 2.32. The Bertz CT molecular complexity index is 540. The number of aliphatic hydroxyl groups is 1. The second-order valence-electron chi connectivity index (χ2n) is 4.48. The maximum atomic E-state index is 12.4. The molecule has 0 radical (unpaired) electrons. The molecule has 18 heavy (non-hydrogen) atoms. The zero-order valence-corrected chi connectivity index (χ0v) is 11.7. The highest BCUT2D eigenvalue weighted by atomic mass is 35.5. The molecule has 0 atom stereocenters. The van der Waals surface area contributed by atoms with E-state index >= 15 is 0 Å². The van der Waals surface area contributed by atoms with Crippen molar-refractivity contribution in [1.82, 2.24) is 4.31 Å². The molecule has 1 fully saturated rings. The summed E-state index contributed by atoms with van der Waals surface area (Å²) < 4.78 is 26.2. The average molecular weight is 290 g/mol. The fourth-order valence-electron chi connectivity index (χ4n) is 1.83. The first-order chi connectivity index (χ1) is 8.46. The van der Waals surface area contributed by atoms with Gasteiger partial charge in [0.1, 0.15) is 0 Å². The lowest BCUT2D eigenvalue weighted by atomic mass is 10.2. The average Bonchev–Trinajstić information content (AvgIpc) is 3.13. The second-order valence-corrected chi connectivity index (χ2v) is 6.78. The molecule has 0 spiro atoms. The van der Waals surface area contributed by atoms with Crippen LogP contribution >= 0.6 is 11.6 Å². The highest BCUT2D eigenvalue weighted by molar-refractivity contribution is 7.89. The zero-order chi connectivity index (χ0) is 13.3. The minimum atomic E-state index is -3.55.